The summed E-state index contributed by atoms with van der Waals surface area (Å²) >= 11 is 4.91. The van der Waals surface area contributed by atoms with E-state index < -0.39 is 5.60 Å². The van der Waals surface area contributed by atoms with Crippen LogP contribution in [0.25, 0.3) is 10.2 Å². The number of benzene rings is 1. The van der Waals surface area contributed by atoms with E-state index in [2.05, 4.69) is 31.5 Å². The molecule has 0 aliphatic heterocycles. The minimum atomic E-state index is -0.475. The number of nitrogens with one attached hydrogen (secondary N) is 2. The van der Waals surface area contributed by atoms with E-state index in [0.717, 1.165) is 40.4 Å². The molecular formula is C19H26BrN3O3S. The van der Waals surface area contributed by atoms with Crippen molar-refractivity contribution in [2.75, 3.05) is 11.9 Å². The smallest absolute Gasteiger partial charge is 0.407 e. The molecule has 2 rings (SSSR count). The van der Waals surface area contributed by atoms with Crippen LogP contribution in [0.3, 0.4) is 0 Å². The first kappa shape index (κ1) is 21.6. The molecule has 2 amide bonds. The molecule has 148 valence electrons. The minimum Gasteiger partial charge on any atom is -0.444 e. The normalized spacial score (nSPS) is 11.4. The zero-order valence-electron chi connectivity index (χ0n) is 15.9. The Bertz CT molecular complexity index is 786. The largest absolute Gasteiger partial charge is 0.444 e. The molecule has 2 aromatic rings. The predicted molar refractivity (Wildman–Crippen MR) is 113 cm³/mol. The van der Waals surface area contributed by atoms with Crippen LogP contribution in [0.5, 0.6) is 0 Å². The predicted octanol–water partition coefficient (Wildman–Crippen LogP) is 5.47. The van der Waals surface area contributed by atoms with E-state index in [-0.39, 0.29) is 12.0 Å². The monoisotopic (exact) mass is 455 g/mol. The maximum atomic E-state index is 12.0. The average Bonchev–Trinajstić information content (AvgIpc) is 2.93. The number of aromatic nitrogens is 1. The van der Waals surface area contributed by atoms with Crippen LogP contribution in [0.1, 0.15) is 52.9 Å². The molecule has 0 aliphatic carbocycles. The van der Waals surface area contributed by atoms with Gasteiger partial charge in [0.25, 0.3) is 0 Å². The first-order chi connectivity index (χ1) is 12.7. The summed E-state index contributed by atoms with van der Waals surface area (Å²) in [5.74, 6) is -0.0139. The summed E-state index contributed by atoms with van der Waals surface area (Å²) in [6, 6.07) is 5.86. The number of unbranched alkanes of at least 4 members (excludes halogenated alkanes) is 3. The highest BCUT2D eigenvalue weighted by Crippen LogP contribution is 2.28. The van der Waals surface area contributed by atoms with E-state index in [4.69, 9.17) is 4.74 Å². The van der Waals surface area contributed by atoms with Gasteiger partial charge in [-0.1, -0.05) is 40.1 Å². The third kappa shape index (κ3) is 8.26. The number of halogens is 1. The van der Waals surface area contributed by atoms with Crippen molar-refractivity contribution < 1.29 is 14.3 Å². The quantitative estimate of drug-likeness (QED) is 0.516. The topological polar surface area (TPSA) is 80.3 Å². The molecule has 0 spiro atoms. The van der Waals surface area contributed by atoms with Crippen LogP contribution in [-0.4, -0.2) is 29.1 Å². The van der Waals surface area contributed by atoms with E-state index in [1.165, 1.54) is 11.3 Å². The summed E-state index contributed by atoms with van der Waals surface area (Å²) in [4.78, 5) is 28.0. The van der Waals surface area contributed by atoms with Crippen LogP contribution in [0, 0.1) is 0 Å². The maximum absolute atomic E-state index is 12.0. The van der Waals surface area contributed by atoms with Gasteiger partial charge in [-0.15, -0.1) is 0 Å². The maximum Gasteiger partial charge on any atom is 0.407 e. The lowest BCUT2D eigenvalue weighted by Crippen LogP contribution is -2.32. The molecule has 0 saturated carbocycles. The fourth-order valence-electron chi connectivity index (χ4n) is 2.40. The Hall–Kier alpha value is -1.67. The second kappa shape index (κ2) is 10.0. The van der Waals surface area contributed by atoms with Crippen molar-refractivity contribution in [3.8, 4) is 0 Å². The minimum absolute atomic E-state index is 0.0139. The third-order valence-electron chi connectivity index (χ3n) is 3.60. The summed E-state index contributed by atoms with van der Waals surface area (Å²) in [7, 11) is 0. The molecule has 1 aromatic carbocycles. The molecule has 6 nitrogen and oxygen atoms in total. The van der Waals surface area contributed by atoms with Gasteiger partial charge in [0, 0.05) is 17.4 Å². The van der Waals surface area contributed by atoms with Crippen molar-refractivity contribution in [2.45, 2.75) is 58.5 Å². The summed E-state index contributed by atoms with van der Waals surface area (Å²) in [6.45, 7) is 6.10. The van der Waals surface area contributed by atoms with Gasteiger partial charge in [-0.25, -0.2) is 9.78 Å². The van der Waals surface area contributed by atoms with Crippen molar-refractivity contribution in [3.63, 3.8) is 0 Å². The number of alkyl carbamates (subject to hydrolysis) is 1. The van der Waals surface area contributed by atoms with Gasteiger partial charge in [-0.3, -0.25) is 4.79 Å². The van der Waals surface area contributed by atoms with E-state index in [9.17, 15) is 9.59 Å². The van der Waals surface area contributed by atoms with Crippen LogP contribution in [0.4, 0.5) is 9.93 Å². The van der Waals surface area contributed by atoms with Crippen molar-refractivity contribution in [2.24, 2.45) is 0 Å². The summed E-state index contributed by atoms with van der Waals surface area (Å²) in [5, 5.41) is 6.24. The Morgan fingerprint density at radius 3 is 2.67 bits per heavy atom. The number of fused-ring (bicyclic) bond motifs is 1. The number of hydrogen-bond acceptors (Lipinski definition) is 5. The van der Waals surface area contributed by atoms with Gasteiger partial charge in [0.15, 0.2) is 5.13 Å². The standard InChI is InChI=1S/C19H26BrN3O3S/c1-19(2,3)26-18(25)21-11-7-5-4-6-8-16(24)23-17-22-14-10-9-13(20)12-15(14)27-17/h9-10,12H,4-8,11H2,1-3H3,(H,21,25)(H,22,23,24). The lowest BCUT2D eigenvalue weighted by Gasteiger charge is -2.19. The van der Waals surface area contributed by atoms with E-state index in [0.29, 0.717) is 18.1 Å². The molecule has 27 heavy (non-hydrogen) atoms. The highest BCUT2D eigenvalue weighted by molar-refractivity contribution is 9.10. The van der Waals surface area contributed by atoms with Gasteiger partial charge in [0.2, 0.25) is 5.91 Å². The Kier molecular flexibility index (Phi) is 8.04. The van der Waals surface area contributed by atoms with Crippen molar-refractivity contribution >= 4 is 54.6 Å². The van der Waals surface area contributed by atoms with Gasteiger partial charge in [-0.05, 0) is 51.8 Å². The molecule has 0 saturated heterocycles. The van der Waals surface area contributed by atoms with Crippen molar-refractivity contribution in [1.82, 2.24) is 10.3 Å². The lowest BCUT2D eigenvalue weighted by atomic mass is 10.1. The molecular weight excluding hydrogens is 430 g/mol. The first-order valence-corrected chi connectivity index (χ1v) is 10.7. The fourth-order valence-corrected chi connectivity index (χ4v) is 3.84. The number of nitrogens with zero attached hydrogens (tertiary/aromatic N) is 1. The van der Waals surface area contributed by atoms with Gasteiger partial charge >= 0.3 is 6.09 Å². The molecule has 8 heteroatoms. The SMILES string of the molecule is CC(C)(C)OC(=O)NCCCCCCC(=O)Nc1nc2ccc(Br)cc2s1. The number of ether oxygens (including phenoxy) is 1. The van der Waals surface area contributed by atoms with Gasteiger partial charge in [-0.2, -0.15) is 0 Å². The molecule has 0 unspecified atom stereocenters. The second-order valence-corrected chi connectivity index (χ2v) is 9.22. The van der Waals surface area contributed by atoms with E-state index in [1.807, 2.05) is 39.0 Å². The van der Waals surface area contributed by atoms with E-state index in [1.54, 1.807) is 0 Å². The summed E-state index contributed by atoms with van der Waals surface area (Å²) < 4.78 is 7.21. The van der Waals surface area contributed by atoms with E-state index >= 15 is 0 Å². The Labute approximate surface area is 172 Å². The number of carbonyl (C=O) groups excluding carboxylic acids is 2. The lowest BCUT2D eigenvalue weighted by molar-refractivity contribution is -0.116. The number of amides is 2. The van der Waals surface area contributed by atoms with Crippen LogP contribution in [-0.2, 0) is 9.53 Å². The summed E-state index contributed by atoms with van der Waals surface area (Å²) in [5.41, 5.74) is 0.410. The summed E-state index contributed by atoms with van der Waals surface area (Å²) in [6.07, 6.45) is 3.67. The van der Waals surface area contributed by atoms with Gasteiger partial charge < -0.3 is 15.4 Å². The average molecular weight is 456 g/mol. The Morgan fingerprint density at radius 2 is 1.93 bits per heavy atom. The molecule has 0 radical (unpaired) electrons. The van der Waals surface area contributed by atoms with Gasteiger partial charge in [0.05, 0.1) is 10.2 Å². The Balaban J connectivity index is 1.57. The number of rotatable bonds is 8. The Morgan fingerprint density at radius 1 is 1.19 bits per heavy atom. The number of anilines is 1. The number of thiazole rings is 1. The zero-order chi connectivity index (χ0) is 19.9. The highest BCUT2D eigenvalue weighted by atomic mass is 79.9. The van der Waals surface area contributed by atoms with Gasteiger partial charge in [0.1, 0.15) is 5.60 Å². The van der Waals surface area contributed by atoms with Crippen molar-refractivity contribution in [3.05, 3.63) is 22.7 Å². The number of hydrogen-bond donors (Lipinski definition) is 2. The first-order valence-electron chi connectivity index (χ1n) is 9.06. The van der Waals surface area contributed by atoms with Crippen molar-refractivity contribution in [1.29, 1.82) is 0 Å². The van der Waals surface area contributed by atoms with Crippen LogP contribution in [0.2, 0.25) is 0 Å². The van der Waals surface area contributed by atoms with Crippen LogP contribution in [0.15, 0.2) is 22.7 Å². The van der Waals surface area contributed by atoms with Crippen LogP contribution < -0.4 is 10.6 Å². The second-order valence-electron chi connectivity index (χ2n) is 7.27. The van der Waals surface area contributed by atoms with Crippen LogP contribution >= 0.6 is 27.3 Å². The number of carbonyl (C=O) groups is 2. The molecule has 1 heterocycles. The zero-order valence-corrected chi connectivity index (χ0v) is 18.3. The molecule has 0 atom stereocenters. The molecule has 1 aromatic heterocycles. The fraction of sp³-hybridized carbons (Fsp3) is 0.526. The molecule has 0 aliphatic rings. The highest BCUT2D eigenvalue weighted by Gasteiger charge is 2.15. The molecule has 2 N–H and O–H groups in total. The third-order valence-corrected chi connectivity index (χ3v) is 5.02. The molecule has 0 bridgehead atoms. The molecule has 0 fully saturated rings.